The predicted molar refractivity (Wildman–Crippen MR) is 84.0 cm³/mol. The van der Waals surface area contributed by atoms with Crippen molar-refractivity contribution < 1.29 is 24.2 Å². The van der Waals surface area contributed by atoms with Crippen LogP contribution in [0, 0.1) is 0 Å². The number of aliphatic carboxylic acids is 1. The molecular weight excluding hydrogens is 333 g/mol. The average molecular weight is 348 g/mol. The molecule has 0 bridgehead atoms. The summed E-state index contributed by atoms with van der Waals surface area (Å²) in [7, 11) is 0. The van der Waals surface area contributed by atoms with Crippen LogP contribution in [0.4, 0.5) is 10.5 Å². The molecule has 1 atom stereocenters. The molecule has 1 aromatic carbocycles. The van der Waals surface area contributed by atoms with Crippen molar-refractivity contribution in [2.24, 2.45) is 0 Å². The number of rotatable bonds is 6. The van der Waals surface area contributed by atoms with Gasteiger partial charge < -0.3 is 14.6 Å². The second-order valence-corrected chi connectivity index (χ2v) is 5.10. The molecular formula is C14H15Cl2NO5. The van der Waals surface area contributed by atoms with Crippen LogP contribution in [-0.4, -0.2) is 29.9 Å². The first-order valence-electron chi connectivity index (χ1n) is 6.24. The lowest BCUT2D eigenvalue weighted by molar-refractivity contribution is -0.144. The molecule has 0 spiro atoms. The van der Waals surface area contributed by atoms with Crippen LogP contribution in [-0.2, 0) is 9.53 Å². The van der Waals surface area contributed by atoms with E-state index in [-0.39, 0.29) is 21.3 Å². The lowest BCUT2D eigenvalue weighted by Crippen LogP contribution is -2.30. The maximum atomic E-state index is 11.8. The van der Waals surface area contributed by atoms with E-state index in [1.165, 1.54) is 19.1 Å². The van der Waals surface area contributed by atoms with Crippen LogP contribution in [0.3, 0.4) is 0 Å². The van der Waals surface area contributed by atoms with Crippen molar-refractivity contribution in [2.75, 3.05) is 11.9 Å². The summed E-state index contributed by atoms with van der Waals surface area (Å²) < 4.78 is 10.1. The number of carboxylic acid groups (broad SMARTS) is 1. The fourth-order valence-corrected chi connectivity index (χ4v) is 1.98. The molecule has 0 aliphatic heterocycles. The number of carbonyl (C=O) groups excluding carboxylic acids is 1. The standard InChI is InChI=1S/C14H15Cl2NO5/c1-4-21-11-6-10(8(15)5-9(11)16)17-14(20)22-12(7(2)3)13(18)19/h5-6,12H,2,4H2,1,3H3,(H,17,20)(H,18,19). The Kier molecular flexibility index (Phi) is 6.52. The summed E-state index contributed by atoms with van der Waals surface area (Å²) in [6.45, 7) is 7.05. The van der Waals surface area contributed by atoms with Crippen LogP contribution in [0.25, 0.3) is 0 Å². The van der Waals surface area contributed by atoms with Crippen molar-refractivity contribution in [3.8, 4) is 5.75 Å². The number of halogens is 2. The third kappa shape index (κ3) is 4.82. The van der Waals surface area contributed by atoms with Crippen LogP contribution in [0.15, 0.2) is 24.3 Å². The van der Waals surface area contributed by atoms with Crippen molar-refractivity contribution in [1.82, 2.24) is 0 Å². The number of benzene rings is 1. The van der Waals surface area contributed by atoms with Crippen LogP contribution < -0.4 is 10.1 Å². The van der Waals surface area contributed by atoms with Gasteiger partial charge in [0.1, 0.15) is 5.75 Å². The molecule has 1 rings (SSSR count). The first-order chi connectivity index (χ1) is 10.3. The van der Waals surface area contributed by atoms with Gasteiger partial charge in [0.15, 0.2) is 0 Å². The van der Waals surface area contributed by atoms with E-state index in [2.05, 4.69) is 11.9 Å². The van der Waals surface area contributed by atoms with Crippen molar-refractivity contribution in [3.05, 3.63) is 34.3 Å². The fraction of sp³-hybridized carbons (Fsp3) is 0.286. The van der Waals surface area contributed by atoms with Gasteiger partial charge in [0, 0.05) is 6.07 Å². The van der Waals surface area contributed by atoms with Crippen LogP contribution >= 0.6 is 23.2 Å². The van der Waals surface area contributed by atoms with E-state index in [0.717, 1.165) is 0 Å². The van der Waals surface area contributed by atoms with Crippen molar-refractivity contribution in [3.63, 3.8) is 0 Å². The zero-order chi connectivity index (χ0) is 16.9. The van der Waals surface area contributed by atoms with Gasteiger partial charge >= 0.3 is 12.1 Å². The van der Waals surface area contributed by atoms with Gasteiger partial charge in [-0.1, -0.05) is 29.8 Å². The van der Waals surface area contributed by atoms with E-state index in [1.807, 2.05) is 0 Å². The van der Waals surface area contributed by atoms with E-state index >= 15 is 0 Å². The highest BCUT2D eigenvalue weighted by atomic mass is 35.5. The maximum Gasteiger partial charge on any atom is 0.412 e. The van der Waals surface area contributed by atoms with Gasteiger partial charge in [-0.25, -0.2) is 9.59 Å². The Morgan fingerprint density at radius 3 is 2.50 bits per heavy atom. The highest BCUT2D eigenvalue weighted by Gasteiger charge is 2.23. The van der Waals surface area contributed by atoms with Crippen molar-refractivity contribution >= 4 is 41.0 Å². The Hall–Kier alpha value is -1.92. The fourth-order valence-electron chi connectivity index (χ4n) is 1.50. The van der Waals surface area contributed by atoms with Gasteiger partial charge in [-0.2, -0.15) is 0 Å². The van der Waals surface area contributed by atoms with Gasteiger partial charge in [-0.15, -0.1) is 0 Å². The predicted octanol–water partition coefficient (Wildman–Crippen LogP) is 3.97. The minimum atomic E-state index is -1.45. The summed E-state index contributed by atoms with van der Waals surface area (Å²) in [4.78, 5) is 22.7. The SMILES string of the molecule is C=C(C)C(OC(=O)Nc1cc(OCC)c(Cl)cc1Cl)C(=O)O. The van der Waals surface area contributed by atoms with Crippen LogP contribution in [0.1, 0.15) is 13.8 Å². The first-order valence-corrected chi connectivity index (χ1v) is 6.99. The number of carboxylic acids is 1. The van der Waals surface area contributed by atoms with E-state index in [9.17, 15) is 9.59 Å². The summed E-state index contributed by atoms with van der Waals surface area (Å²) in [6.07, 6.45) is -2.43. The van der Waals surface area contributed by atoms with E-state index in [1.54, 1.807) is 6.92 Å². The molecule has 0 heterocycles. The summed E-state index contributed by atoms with van der Waals surface area (Å²) in [5.41, 5.74) is 0.366. The highest BCUT2D eigenvalue weighted by molar-refractivity contribution is 6.37. The summed E-state index contributed by atoms with van der Waals surface area (Å²) >= 11 is 11.9. The normalized spacial score (nSPS) is 11.5. The zero-order valence-corrected chi connectivity index (χ0v) is 13.5. The zero-order valence-electron chi connectivity index (χ0n) is 12.0. The van der Waals surface area contributed by atoms with Crippen molar-refractivity contribution in [1.29, 1.82) is 0 Å². The monoisotopic (exact) mass is 347 g/mol. The summed E-state index contributed by atoms with van der Waals surface area (Å²) in [5.74, 6) is -0.988. The number of carbonyl (C=O) groups is 2. The number of amides is 1. The number of ether oxygens (including phenoxy) is 2. The van der Waals surface area contributed by atoms with Gasteiger partial charge in [-0.05, 0) is 25.5 Å². The van der Waals surface area contributed by atoms with E-state index in [0.29, 0.717) is 12.4 Å². The quantitative estimate of drug-likeness (QED) is 0.760. The second kappa shape index (κ2) is 7.91. The highest BCUT2D eigenvalue weighted by Crippen LogP contribution is 2.34. The Morgan fingerprint density at radius 1 is 1.36 bits per heavy atom. The topological polar surface area (TPSA) is 84.9 Å². The molecule has 1 aromatic rings. The second-order valence-electron chi connectivity index (χ2n) is 4.29. The summed E-state index contributed by atoms with van der Waals surface area (Å²) in [5, 5.41) is 11.7. The molecule has 22 heavy (non-hydrogen) atoms. The van der Waals surface area contributed by atoms with Gasteiger partial charge in [0.25, 0.3) is 0 Å². The molecule has 6 nitrogen and oxygen atoms in total. The Morgan fingerprint density at radius 2 is 2.00 bits per heavy atom. The van der Waals surface area contributed by atoms with Crippen LogP contribution in [0.5, 0.6) is 5.75 Å². The Bertz CT molecular complexity index is 589. The minimum Gasteiger partial charge on any atom is -0.492 e. The number of nitrogens with one attached hydrogen (secondary N) is 1. The molecule has 0 fully saturated rings. The molecule has 1 unspecified atom stereocenters. The molecule has 0 saturated heterocycles. The molecule has 0 aromatic heterocycles. The van der Waals surface area contributed by atoms with E-state index < -0.39 is 18.2 Å². The molecule has 0 radical (unpaired) electrons. The first kappa shape index (κ1) is 18.1. The molecule has 120 valence electrons. The van der Waals surface area contributed by atoms with Crippen LogP contribution in [0.2, 0.25) is 10.0 Å². The molecule has 8 heteroatoms. The number of hydrogen-bond donors (Lipinski definition) is 2. The molecule has 0 aliphatic rings. The third-order valence-corrected chi connectivity index (χ3v) is 3.06. The van der Waals surface area contributed by atoms with Crippen molar-refractivity contribution in [2.45, 2.75) is 20.0 Å². The maximum absolute atomic E-state index is 11.8. The molecule has 2 N–H and O–H groups in total. The molecule has 0 saturated carbocycles. The molecule has 0 aliphatic carbocycles. The average Bonchev–Trinajstić information content (AvgIpc) is 2.41. The van der Waals surface area contributed by atoms with Gasteiger partial charge in [-0.3, -0.25) is 5.32 Å². The smallest absolute Gasteiger partial charge is 0.412 e. The molecule has 1 amide bonds. The lowest BCUT2D eigenvalue weighted by Gasteiger charge is -2.15. The largest absolute Gasteiger partial charge is 0.492 e. The lowest BCUT2D eigenvalue weighted by atomic mass is 10.2. The Balaban J connectivity index is 2.90. The van der Waals surface area contributed by atoms with Gasteiger partial charge in [0.05, 0.1) is 22.3 Å². The number of anilines is 1. The number of hydrogen-bond acceptors (Lipinski definition) is 4. The Labute approximate surface area is 137 Å². The summed E-state index contributed by atoms with van der Waals surface area (Å²) in [6, 6.07) is 2.82. The minimum absolute atomic E-state index is 0.160. The third-order valence-electron chi connectivity index (χ3n) is 2.45. The van der Waals surface area contributed by atoms with E-state index in [4.69, 9.17) is 37.8 Å². The van der Waals surface area contributed by atoms with Gasteiger partial charge in [0.2, 0.25) is 6.10 Å².